The van der Waals surface area contributed by atoms with Gasteiger partial charge in [-0.15, -0.1) is 0 Å². The molecule has 2 aromatic carbocycles. The molecule has 2 aromatic rings. The Balaban J connectivity index is 1.81. The van der Waals surface area contributed by atoms with Crippen molar-refractivity contribution in [2.75, 3.05) is 18.9 Å². The lowest BCUT2D eigenvalue weighted by Gasteiger charge is -2.13. The van der Waals surface area contributed by atoms with Crippen LogP contribution in [-0.4, -0.2) is 25.0 Å². The normalized spacial score (nSPS) is 11.6. The maximum absolute atomic E-state index is 11.9. The molecule has 0 saturated carbocycles. The van der Waals surface area contributed by atoms with Crippen LogP contribution in [0.3, 0.4) is 0 Å². The van der Waals surface area contributed by atoms with E-state index in [4.69, 9.17) is 22.1 Å². The lowest BCUT2D eigenvalue weighted by molar-refractivity contribution is -0.124. The van der Waals surface area contributed by atoms with E-state index in [9.17, 15) is 9.59 Å². The molecule has 1 atom stereocenters. The van der Waals surface area contributed by atoms with Gasteiger partial charge < -0.3 is 15.8 Å². The number of hydrogen-bond acceptors (Lipinski definition) is 4. The molecule has 0 heterocycles. The quantitative estimate of drug-likeness (QED) is 0.622. The van der Waals surface area contributed by atoms with Crippen molar-refractivity contribution >= 4 is 29.2 Å². The minimum Gasteiger partial charge on any atom is -0.452 e. The summed E-state index contributed by atoms with van der Waals surface area (Å²) in [4.78, 5) is 23.8. The van der Waals surface area contributed by atoms with Crippen molar-refractivity contribution in [2.24, 2.45) is 0 Å². The molecule has 0 aliphatic rings. The summed E-state index contributed by atoms with van der Waals surface area (Å²) in [6, 6.07) is 14.3. The maximum atomic E-state index is 11.9. The zero-order valence-electron chi connectivity index (χ0n) is 13.3. The van der Waals surface area contributed by atoms with Crippen molar-refractivity contribution in [1.29, 1.82) is 0 Å². The van der Waals surface area contributed by atoms with Crippen LogP contribution in [0.1, 0.15) is 28.8 Å². The van der Waals surface area contributed by atoms with Gasteiger partial charge in [-0.25, -0.2) is 4.79 Å². The van der Waals surface area contributed by atoms with Crippen molar-refractivity contribution in [3.05, 3.63) is 64.7 Å². The number of nitrogens with two attached hydrogens (primary N) is 1. The number of hydrogen-bond donors (Lipinski definition) is 2. The lowest BCUT2D eigenvalue weighted by Crippen LogP contribution is -2.31. The van der Waals surface area contributed by atoms with E-state index in [0.717, 1.165) is 5.56 Å². The molecule has 5 nitrogen and oxygen atoms in total. The molecule has 0 aliphatic carbocycles. The van der Waals surface area contributed by atoms with Crippen LogP contribution in [0.4, 0.5) is 5.69 Å². The van der Waals surface area contributed by atoms with Crippen LogP contribution < -0.4 is 11.1 Å². The molecule has 0 aromatic heterocycles. The van der Waals surface area contributed by atoms with Gasteiger partial charge in [-0.05, 0) is 29.7 Å². The monoisotopic (exact) mass is 346 g/mol. The molecule has 3 N–H and O–H groups in total. The number of nitrogen functional groups attached to an aromatic ring is 1. The highest BCUT2D eigenvalue weighted by Crippen LogP contribution is 2.18. The van der Waals surface area contributed by atoms with Crippen LogP contribution in [0, 0.1) is 0 Å². The molecule has 1 amide bonds. The summed E-state index contributed by atoms with van der Waals surface area (Å²) >= 11 is 5.82. The largest absolute Gasteiger partial charge is 0.452 e. The van der Waals surface area contributed by atoms with E-state index in [0.29, 0.717) is 11.6 Å². The predicted octanol–water partition coefficient (Wildman–Crippen LogP) is 3.00. The van der Waals surface area contributed by atoms with Crippen LogP contribution in [-0.2, 0) is 9.53 Å². The molecule has 0 fully saturated rings. The standard InChI is InChI=1S/C18H19ClN2O3/c1-12(13-5-3-2-4-6-13)10-21-17(22)11-24-18(23)15-9-14(19)7-8-16(15)20/h2-9,12H,10-11,20H2,1H3,(H,21,22). The van der Waals surface area contributed by atoms with Crippen molar-refractivity contribution in [2.45, 2.75) is 12.8 Å². The van der Waals surface area contributed by atoms with Gasteiger partial charge in [0.25, 0.3) is 5.91 Å². The highest BCUT2D eigenvalue weighted by atomic mass is 35.5. The summed E-state index contributed by atoms with van der Waals surface area (Å²) in [5, 5.41) is 3.11. The van der Waals surface area contributed by atoms with Crippen LogP contribution in [0.5, 0.6) is 0 Å². The Morgan fingerprint density at radius 3 is 2.62 bits per heavy atom. The summed E-state index contributed by atoms with van der Waals surface area (Å²) < 4.78 is 4.97. The molecule has 0 aliphatic heterocycles. The molecule has 0 bridgehead atoms. The topological polar surface area (TPSA) is 81.4 Å². The van der Waals surface area contributed by atoms with Gasteiger partial charge in [0.2, 0.25) is 0 Å². The lowest BCUT2D eigenvalue weighted by atomic mass is 10.0. The molecule has 0 radical (unpaired) electrons. The Bertz CT molecular complexity index is 719. The number of esters is 1. The van der Waals surface area contributed by atoms with Gasteiger partial charge in [-0.3, -0.25) is 4.79 Å². The minimum absolute atomic E-state index is 0.146. The third-order valence-electron chi connectivity index (χ3n) is 3.54. The van der Waals surface area contributed by atoms with Crippen molar-refractivity contribution < 1.29 is 14.3 Å². The van der Waals surface area contributed by atoms with Crippen molar-refractivity contribution in [3.63, 3.8) is 0 Å². The number of halogens is 1. The Labute approximate surface area is 145 Å². The van der Waals surface area contributed by atoms with Gasteiger partial charge in [0, 0.05) is 17.3 Å². The number of nitrogens with one attached hydrogen (secondary N) is 1. The summed E-state index contributed by atoms with van der Waals surface area (Å²) in [5.74, 6) is -0.887. The average molecular weight is 347 g/mol. The second-order valence-corrected chi connectivity index (χ2v) is 5.86. The van der Waals surface area contributed by atoms with Gasteiger partial charge in [0.05, 0.1) is 5.56 Å². The summed E-state index contributed by atoms with van der Waals surface area (Å²) in [6.07, 6.45) is 0. The molecular weight excluding hydrogens is 328 g/mol. The second-order valence-electron chi connectivity index (χ2n) is 5.42. The predicted molar refractivity (Wildman–Crippen MR) is 94.0 cm³/mol. The summed E-state index contributed by atoms with van der Waals surface area (Å²) in [5.41, 5.74) is 7.22. The Kier molecular flexibility index (Phi) is 6.21. The van der Waals surface area contributed by atoms with Crippen LogP contribution in [0.15, 0.2) is 48.5 Å². The molecule has 1 unspecified atom stereocenters. The number of carbonyl (C=O) groups excluding carboxylic acids is 2. The van der Waals surface area contributed by atoms with Crippen LogP contribution >= 0.6 is 11.6 Å². The molecule has 126 valence electrons. The third kappa shape index (κ3) is 4.99. The van der Waals surface area contributed by atoms with E-state index in [1.54, 1.807) is 6.07 Å². The smallest absolute Gasteiger partial charge is 0.340 e. The zero-order chi connectivity index (χ0) is 17.5. The summed E-state index contributed by atoms with van der Waals surface area (Å²) in [6.45, 7) is 2.10. The number of carbonyl (C=O) groups is 2. The van der Waals surface area contributed by atoms with E-state index < -0.39 is 5.97 Å². The van der Waals surface area contributed by atoms with Gasteiger partial charge in [-0.2, -0.15) is 0 Å². The van der Waals surface area contributed by atoms with Crippen LogP contribution in [0.25, 0.3) is 0 Å². The van der Waals surface area contributed by atoms with Crippen molar-refractivity contribution in [1.82, 2.24) is 5.32 Å². The second kappa shape index (κ2) is 8.36. The first kappa shape index (κ1) is 17.8. The molecule has 24 heavy (non-hydrogen) atoms. The van der Waals surface area contributed by atoms with Gasteiger partial charge >= 0.3 is 5.97 Å². The Hall–Kier alpha value is -2.53. The van der Waals surface area contributed by atoms with E-state index >= 15 is 0 Å². The fraction of sp³-hybridized carbons (Fsp3) is 0.222. The number of anilines is 1. The molecule has 6 heteroatoms. The fourth-order valence-corrected chi connectivity index (χ4v) is 2.30. The number of ether oxygens (including phenoxy) is 1. The number of benzene rings is 2. The van der Waals surface area contributed by atoms with Gasteiger partial charge in [0.1, 0.15) is 0 Å². The van der Waals surface area contributed by atoms with E-state index in [1.165, 1.54) is 12.1 Å². The Morgan fingerprint density at radius 2 is 1.92 bits per heavy atom. The highest BCUT2D eigenvalue weighted by molar-refractivity contribution is 6.31. The van der Waals surface area contributed by atoms with Gasteiger partial charge in [0.15, 0.2) is 6.61 Å². The van der Waals surface area contributed by atoms with E-state index in [1.807, 2.05) is 37.3 Å². The first-order valence-corrected chi connectivity index (χ1v) is 7.89. The Morgan fingerprint density at radius 1 is 1.21 bits per heavy atom. The minimum atomic E-state index is -0.679. The summed E-state index contributed by atoms with van der Waals surface area (Å²) in [7, 11) is 0. The zero-order valence-corrected chi connectivity index (χ0v) is 14.0. The van der Waals surface area contributed by atoms with Crippen molar-refractivity contribution in [3.8, 4) is 0 Å². The molecule has 0 saturated heterocycles. The molecular formula is C18H19ClN2O3. The molecule has 0 spiro atoms. The SMILES string of the molecule is CC(CNC(=O)COC(=O)c1cc(Cl)ccc1N)c1ccccc1. The number of amides is 1. The van der Waals surface area contributed by atoms with Gasteiger partial charge in [-0.1, -0.05) is 48.9 Å². The highest BCUT2D eigenvalue weighted by Gasteiger charge is 2.14. The third-order valence-corrected chi connectivity index (χ3v) is 3.78. The first-order chi connectivity index (χ1) is 11.5. The maximum Gasteiger partial charge on any atom is 0.340 e. The van der Waals surface area contributed by atoms with Crippen LogP contribution in [0.2, 0.25) is 5.02 Å². The molecule has 2 rings (SSSR count). The fourth-order valence-electron chi connectivity index (χ4n) is 2.13. The number of rotatable bonds is 6. The first-order valence-electron chi connectivity index (χ1n) is 7.51. The van der Waals surface area contributed by atoms with E-state index in [2.05, 4.69) is 5.32 Å². The van der Waals surface area contributed by atoms with E-state index in [-0.39, 0.29) is 29.7 Å². The average Bonchev–Trinajstić information content (AvgIpc) is 2.60.